The van der Waals surface area contributed by atoms with Crippen molar-refractivity contribution in [3.63, 3.8) is 0 Å². The summed E-state index contributed by atoms with van der Waals surface area (Å²) in [5.74, 6) is 3.73. The molecule has 3 rings (SSSR count). The lowest BCUT2D eigenvalue weighted by Crippen LogP contribution is -2.48. The number of hydrogen-bond donors (Lipinski definition) is 1. The van der Waals surface area contributed by atoms with Gasteiger partial charge in [-0.1, -0.05) is 53.4 Å². The summed E-state index contributed by atoms with van der Waals surface area (Å²) in [4.78, 5) is 24.7. The SMILES string of the molecule is CC(C)CCCC(C)[C@H]1CC[C@@H]2C1CC[C@H]([C@@]1(C)CCCCC1=O)[C@H]2CC(=O)O. The van der Waals surface area contributed by atoms with Gasteiger partial charge in [0, 0.05) is 18.3 Å². The molecule has 3 saturated carbocycles. The summed E-state index contributed by atoms with van der Waals surface area (Å²) in [6.07, 6.45) is 12.8. The van der Waals surface area contributed by atoms with Crippen molar-refractivity contribution >= 4 is 11.8 Å². The van der Waals surface area contributed by atoms with E-state index in [-0.39, 0.29) is 23.7 Å². The second-order valence-corrected chi connectivity index (χ2v) is 11.4. The maximum atomic E-state index is 12.9. The molecule has 3 heteroatoms. The number of carbonyl (C=O) groups is 2. The standard InChI is InChI=1S/C26H44O3/c1-17(2)8-7-9-18(3)19-11-12-21-20(19)13-14-23(22(21)16-25(28)29)26(4)15-6-5-10-24(26)27/h17-23H,5-16H2,1-4H3,(H,28,29)/t18?,19-,20?,21-,22+,23+,26-/m1/s1. The van der Waals surface area contributed by atoms with E-state index in [1.165, 1.54) is 38.5 Å². The van der Waals surface area contributed by atoms with Crippen molar-refractivity contribution in [1.29, 1.82) is 0 Å². The Morgan fingerprint density at radius 3 is 2.45 bits per heavy atom. The summed E-state index contributed by atoms with van der Waals surface area (Å²) in [5, 5.41) is 9.71. The van der Waals surface area contributed by atoms with E-state index in [4.69, 9.17) is 0 Å². The molecule has 3 fully saturated rings. The van der Waals surface area contributed by atoms with E-state index in [1.807, 2.05) is 0 Å². The highest BCUT2D eigenvalue weighted by atomic mass is 16.4. The Balaban J connectivity index is 1.73. The zero-order valence-corrected chi connectivity index (χ0v) is 19.3. The Hall–Kier alpha value is -0.860. The number of fused-ring (bicyclic) bond motifs is 1. The van der Waals surface area contributed by atoms with Crippen molar-refractivity contribution in [1.82, 2.24) is 0 Å². The Kier molecular flexibility index (Phi) is 7.49. The third-order valence-electron chi connectivity index (χ3n) is 9.20. The van der Waals surface area contributed by atoms with E-state index < -0.39 is 5.97 Å². The van der Waals surface area contributed by atoms with Crippen LogP contribution in [0.5, 0.6) is 0 Å². The normalized spacial score (nSPS) is 38.8. The van der Waals surface area contributed by atoms with Crippen molar-refractivity contribution in [2.45, 2.75) is 105 Å². The third kappa shape index (κ3) is 4.90. The van der Waals surface area contributed by atoms with Crippen LogP contribution in [-0.4, -0.2) is 16.9 Å². The van der Waals surface area contributed by atoms with Gasteiger partial charge in [-0.15, -0.1) is 0 Å². The highest BCUT2D eigenvalue weighted by Gasteiger charge is 2.54. The van der Waals surface area contributed by atoms with Gasteiger partial charge in [0.1, 0.15) is 5.78 Å². The lowest BCUT2D eigenvalue weighted by molar-refractivity contribution is -0.146. The van der Waals surface area contributed by atoms with Crippen LogP contribution in [0.25, 0.3) is 0 Å². The maximum Gasteiger partial charge on any atom is 0.303 e. The summed E-state index contributed by atoms with van der Waals surface area (Å²) in [5.41, 5.74) is -0.274. The van der Waals surface area contributed by atoms with Crippen molar-refractivity contribution in [3.8, 4) is 0 Å². The van der Waals surface area contributed by atoms with E-state index in [1.54, 1.807) is 0 Å². The molecule has 166 valence electrons. The highest BCUT2D eigenvalue weighted by molar-refractivity contribution is 5.85. The van der Waals surface area contributed by atoms with Gasteiger partial charge in [0.15, 0.2) is 0 Å². The van der Waals surface area contributed by atoms with Gasteiger partial charge >= 0.3 is 5.97 Å². The number of ketones is 1. The third-order valence-corrected chi connectivity index (χ3v) is 9.20. The molecule has 0 spiro atoms. The van der Waals surface area contributed by atoms with Gasteiger partial charge < -0.3 is 5.11 Å². The van der Waals surface area contributed by atoms with Crippen LogP contribution in [0.1, 0.15) is 105 Å². The fourth-order valence-corrected chi connectivity index (χ4v) is 7.62. The predicted molar refractivity (Wildman–Crippen MR) is 118 cm³/mol. The molecule has 7 atom stereocenters. The Morgan fingerprint density at radius 1 is 1.07 bits per heavy atom. The number of hydrogen-bond acceptors (Lipinski definition) is 2. The van der Waals surface area contributed by atoms with Crippen LogP contribution in [-0.2, 0) is 9.59 Å². The number of aliphatic carboxylic acids is 1. The van der Waals surface area contributed by atoms with E-state index in [0.29, 0.717) is 24.0 Å². The molecule has 0 saturated heterocycles. The second kappa shape index (κ2) is 9.52. The molecular formula is C26H44O3. The monoisotopic (exact) mass is 404 g/mol. The molecule has 0 heterocycles. The molecule has 0 aromatic rings. The van der Waals surface area contributed by atoms with Gasteiger partial charge in [-0.05, 0) is 80.0 Å². The minimum Gasteiger partial charge on any atom is -0.481 e. The topological polar surface area (TPSA) is 54.4 Å². The van der Waals surface area contributed by atoms with Gasteiger partial charge in [0.25, 0.3) is 0 Å². The van der Waals surface area contributed by atoms with E-state index >= 15 is 0 Å². The van der Waals surface area contributed by atoms with E-state index in [0.717, 1.165) is 43.4 Å². The highest BCUT2D eigenvalue weighted by Crippen LogP contribution is 2.59. The molecule has 0 aliphatic heterocycles. The minimum absolute atomic E-state index is 0.200. The van der Waals surface area contributed by atoms with Crippen LogP contribution in [0.2, 0.25) is 0 Å². The Labute approximate surface area is 178 Å². The van der Waals surface area contributed by atoms with Crippen LogP contribution >= 0.6 is 0 Å². The molecule has 2 unspecified atom stereocenters. The molecule has 3 nitrogen and oxygen atoms in total. The number of carbonyl (C=O) groups excluding carboxylic acids is 1. The van der Waals surface area contributed by atoms with Crippen molar-refractivity contribution in [2.75, 3.05) is 0 Å². The van der Waals surface area contributed by atoms with Crippen LogP contribution < -0.4 is 0 Å². The zero-order chi connectivity index (χ0) is 21.2. The number of rotatable bonds is 8. The van der Waals surface area contributed by atoms with Gasteiger partial charge in [0.05, 0.1) is 0 Å². The van der Waals surface area contributed by atoms with Gasteiger partial charge in [-0.3, -0.25) is 9.59 Å². The molecule has 0 aromatic heterocycles. The minimum atomic E-state index is -0.666. The number of carboxylic acids is 1. The Bertz CT molecular complexity index is 583. The largest absolute Gasteiger partial charge is 0.481 e. The van der Waals surface area contributed by atoms with E-state index in [2.05, 4.69) is 27.7 Å². The smallest absolute Gasteiger partial charge is 0.303 e. The molecule has 0 amide bonds. The second-order valence-electron chi connectivity index (χ2n) is 11.4. The summed E-state index contributed by atoms with van der Waals surface area (Å²) in [7, 11) is 0. The number of Topliss-reactive ketones (excluding diaryl/α,β-unsaturated/α-hetero) is 1. The lowest BCUT2D eigenvalue weighted by atomic mass is 9.53. The molecule has 1 N–H and O–H groups in total. The summed E-state index contributed by atoms with van der Waals surface area (Å²) in [6, 6.07) is 0. The average Bonchev–Trinajstić information content (AvgIpc) is 3.08. The van der Waals surface area contributed by atoms with Crippen LogP contribution in [0.15, 0.2) is 0 Å². The maximum absolute atomic E-state index is 12.9. The van der Waals surface area contributed by atoms with Gasteiger partial charge in [-0.25, -0.2) is 0 Å². The Morgan fingerprint density at radius 2 is 1.79 bits per heavy atom. The van der Waals surface area contributed by atoms with Crippen molar-refractivity contribution < 1.29 is 14.7 Å². The molecule has 3 aliphatic carbocycles. The zero-order valence-electron chi connectivity index (χ0n) is 19.3. The fraction of sp³-hybridized carbons (Fsp3) is 0.923. The van der Waals surface area contributed by atoms with Crippen LogP contribution in [0.4, 0.5) is 0 Å². The predicted octanol–water partition coefficient (Wildman–Crippen LogP) is 6.74. The molecule has 0 radical (unpaired) electrons. The molecule has 0 aromatic carbocycles. The fourth-order valence-electron chi connectivity index (χ4n) is 7.62. The first kappa shape index (κ1) is 22.8. The first-order valence-electron chi connectivity index (χ1n) is 12.5. The van der Waals surface area contributed by atoms with Crippen LogP contribution in [0.3, 0.4) is 0 Å². The van der Waals surface area contributed by atoms with E-state index in [9.17, 15) is 14.7 Å². The molecular weight excluding hydrogens is 360 g/mol. The average molecular weight is 405 g/mol. The first-order valence-corrected chi connectivity index (χ1v) is 12.5. The molecule has 29 heavy (non-hydrogen) atoms. The molecule has 3 aliphatic rings. The lowest BCUT2D eigenvalue weighted by Gasteiger charge is -2.50. The molecule has 0 bridgehead atoms. The van der Waals surface area contributed by atoms with Crippen LogP contribution in [0, 0.1) is 46.8 Å². The van der Waals surface area contributed by atoms with Crippen molar-refractivity contribution in [3.05, 3.63) is 0 Å². The van der Waals surface area contributed by atoms with Gasteiger partial charge in [0.2, 0.25) is 0 Å². The quantitative estimate of drug-likeness (QED) is 0.487. The summed E-state index contributed by atoms with van der Waals surface area (Å²) in [6.45, 7) is 9.23. The summed E-state index contributed by atoms with van der Waals surface area (Å²) < 4.78 is 0. The number of carboxylic acid groups (broad SMARTS) is 1. The van der Waals surface area contributed by atoms with Crippen molar-refractivity contribution in [2.24, 2.45) is 46.8 Å². The first-order chi connectivity index (χ1) is 13.7. The summed E-state index contributed by atoms with van der Waals surface area (Å²) >= 11 is 0. The van der Waals surface area contributed by atoms with Gasteiger partial charge in [-0.2, -0.15) is 0 Å².